The van der Waals surface area contributed by atoms with E-state index < -0.39 is 6.09 Å². The van der Waals surface area contributed by atoms with E-state index in [0.717, 1.165) is 10.8 Å². The fraction of sp³-hybridized carbons (Fsp3) is 0.0714. The maximum atomic E-state index is 11.6. The van der Waals surface area contributed by atoms with E-state index in [0.29, 0.717) is 10.8 Å². The SMILES string of the molecule is O=C(NC/C(Cl)=C/Cl)Oc1cccc2ccccc12. The van der Waals surface area contributed by atoms with Gasteiger partial charge in [0.25, 0.3) is 0 Å². The number of amides is 1. The zero-order valence-electron chi connectivity index (χ0n) is 9.90. The summed E-state index contributed by atoms with van der Waals surface area (Å²) in [5.74, 6) is 0.501. The molecule has 2 rings (SSSR count). The Kier molecular flexibility index (Phi) is 4.66. The lowest BCUT2D eigenvalue weighted by molar-refractivity contribution is 0.202. The zero-order valence-corrected chi connectivity index (χ0v) is 11.4. The molecule has 0 unspecified atom stereocenters. The topological polar surface area (TPSA) is 38.3 Å². The van der Waals surface area contributed by atoms with Gasteiger partial charge in [-0.2, -0.15) is 0 Å². The quantitative estimate of drug-likeness (QED) is 0.919. The number of rotatable bonds is 3. The fourth-order valence-corrected chi connectivity index (χ4v) is 1.76. The van der Waals surface area contributed by atoms with E-state index in [4.69, 9.17) is 27.9 Å². The van der Waals surface area contributed by atoms with Gasteiger partial charge in [-0.1, -0.05) is 59.6 Å². The first-order valence-electron chi connectivity index (χ1n) is 5.59. The third-order valence-corrected chi connectivity index (χ3v) is 3.09. The Hall–Kier alpha value is -1.71. The van der Waals surface area contributed by atoms with Gasteiger partial charge in [-0.05, 0) is 11.5 Å². The first kappa shape index (κ1) is 13.7. The Bertz CT molecular complexity index is 620. The number of nitrogens with one attached hydrogen (secondary N) is 1. The van der Waals surface area contributed by atoms with Gasteiger partial charge in [-0.15, -0.1) is 0 Å². The molecule has 2 aromatic carbocycles. The fourth-order valence-electron chi connectivity index (χ4n) is 1.62. The number of carbonyl (C=O) groups excluding carboxylic acids is 1. The van der Waals surface area contributed by atoms with E-state index in [2.05, 4.69) is 5.32 Å². The standard InChI is InChI=1S/C14H11Cl2NO2/c15-8-11(16)9-17-14(18)19-13-7-3-5-10-4-1-2-6-12(10)13/h1-8H,9H2,(H,17,18)/b11-8-. The number of benzene rings is 2. The van der Waals surface area contributed by atoms with E-state index in [1.54, 1.807) is 6.07 Å². The van der Waals surface area contributed by atoms with Crippen LogP contribution in [0.3, 0.4) is 0 Å². The molecule has 0 aromatic heterocycles. The minimum Gasteiger partial charge on any atom is -0.410 e. The molecule has 1 amide bonds. The Labute approximate surface area is 120 Å². The first-order valence-corrected chi connectivity index (χ1v) is 6.40. The van der Waals surface area contributed by atoms with E-state index in [1.165, 1.54) is 5.54 Å². The summed E-state index contributed by atoms with van der Waals surface area (Å²) >= 11 is 11.1. The maximum absolute atomic E-state index is 11.6. The molecular formula is C14H11Cl2NO2. The minimum atomic E-state index is -0.576. The normalized spacial score (nSPS) is 11.4. The number of halogens is 2. The lowest BCUT2D eigenvalue weighted by Crippen LogP contribution is -2.27. The van der Waals surface area contributed by atoms with Crippen molar-refractivity contribution in [3.63, 3.8) is 0 Å². The Morgan fingerprint density at radius 2 is 1.95 bits per heavy atom. The third kappa shape index (κ3) is 3.63. The Balaban J connectivity index is 2.11. The number of hydrogen-bond acceptors (Lipinski definition) is 2. The van der Waals surface area contributed by atoms with Crippen molar-refractivity contribution in [1.82, 2.24) is 5.32 Å². The molecule has 0 bridgehead atoms. The maximum Gasteiger partial charge on any atom is 0.412 e. The molecular weight excluding hydrogens is 285 g/mol. The highest BCUT2D eigenvalue weighted by molar-refractivity contribution is 6.36. The van der Waals surface area contributed by atoms with Crippen molar-refractivity contribution >= 4 is 40.1 Å². The summed E-state index contributed by atoms with van der Waals surface area (Å²) < 4.78 is 5.24. The van der Waals surface area contributed by atoms with Crippen molar-refractivity contribution in [3.05, 3.63) is 53.0 Å². The van der Waals surface area contributed by atoms with Gasteiger partial charge in [0.15, 0.2) is 0 Å². The average molecular weight is 296 g/mol. The minimum absolute atomic E-state index is 0.134. The van der Waals surface area contributed by atoms with Crippen molar-refractivity contribution in [3.8, 4) is 5.75 Å². The van der Waals surface area contributed by atoms with Gasteiger partial charge in [-0.3, -0.25) is 0 Å². The lowest BCUT2D eigenvalue weighted by Gasteiger charge is -2.08. The number of ether oxygens (including phenoxy) is 1. The lowest BCUT2D eigenvalue weighted by atomic mass is 10.1. The van der Waals surface area contributed by atoms with E-state index in [9.17, 15) is 4.79 Å². The molecule has 0 aliphatic heterocycles. The van der Waals surface area contributed by atoms with Gasteiger partial charge in [0.2, 0.25) is 0 Å². The summed E-state index contributed by atoms with van der Waals surface area (Å²) in [5.41, 5.74) is 1.19. The van der Waals surface area contributed by atoms with Gasteiger partial charge < -0.3 is 10.1 Å². The van der Waals surface area contributed by atoms with Crippen LogP contribution >= 0.6 is 23.2 Å². The van der Waals surface area contributed by atoms with Gasteiger partial charge in [0, 0.05) is 16.0 Å². The third-order valence-electron chi connectivity index (χ3n) is 2.47. The second-order valence-electron chi connectivity index (χ2n) is 3.78. The van der Waals surface area contributed by atoms with Crippen LogP contribution in [0.15, 0.2) is 53.0 Å². The predicted molar refractivity (Wildman–Crippen MR) is 77.8 cm³/mol. The van der Waals surface area contributed by atoms with Gasteiger partial charge in [0.05, 0.1) is 6.54 Å². The second-order valence-corrected chi connectivity index (χ2v) is 4.48. The summed E-state index contributed by atoms with van der Waals surface area (Å²) in [4.78, 5) is 11.6. The zero-order chi connectivity index (χ0) is 13.7. The van der Waals surface area contributed by atoms with E-state index in [1.807, 2.05) is 36.4 Å². The molecule has 1 N–H and O–H groups in total. The second kappa shape index (κ2) is 6.45. The van der Waals surface area contributed by atoms with E-state index in [-0.39, 0.29) is 6.54 Å². The summed E-state index contributed by atoms with van der Waals surface area (Å²) in [6.45, 7) is 0.134. The van der Waals surface area contributed by atoms with Gasteiger partial charge in [0.1, 0.15) is 5.75 Å². The monoisotopic (exact) mass is 295 g/mol. The molecule has 0 aliphatic carbocycles. The van der Waals surface area contributed by atoms with Crippen LogP contribution in [-0.4, -0.2) is 12.6 Å². The van der Waals surface area contributed by atoms with Gasteiger partial charge >= 0.3 is 6.09 Å². The van der Waals surface area contributed by atoms with Gasteiger partial charge in [-0.25, -0.2) is 4.79 Å². The molecule has 5 heteroatoms. The van der Waals surface area contributed by atoms with Crippen LogP contribution in [-0.2, 0) is 0 Å². The molecule has 0 heterocycles. The van der Waals surface area contributed by atoms with Crippen molar-refractivity contribution in [2.45, 2.75) is 0 Å². The molecule has 19 heavy (non-hydrogen) atoms. The number of hydrogen-bond donors (Lipinski definition) is 1. The van der Waals surface area contributed by atoms with Crippen molar-refractivity contribution in [2.24, 2.45) is 0 Å². The van der Waals surface area contributed by atoms with Crippen LogP contribution in [0.1, 0.15) is 0 Å². The highest BCUT2D eigenvalue weighted by Crippen LogP contribution is 2.25. The van der Waals surface area contributed by atoms with Crippen molar-refractivity contribution in [1.29, 1.82) is 0 Å². The molecule has 0 radical (unpaired) electrons. The number of fused-ring (bicyclic) bond motifs is 1. The average Bonchev–Trinajstić information content (AvgIpc) is 2.45. The number of carbonyl (C=O) groups is 1. The molecule has 0 spiro atoms. The molecule has 0 saturated heterocycles. The summed E-state index contributed by atoms with van der Waals surface area (Å²) in [6.07, 6.45) is -0.576. The molecule has 3 nitrogen and oxygen atoms in total. The molecule has 0 atom stereocenters. The summed E-state index contributed by atoms with van der Waals surface area (Å²) in [6, 6.07) is 13.2. The molecule has 0 saturated carbocycles. The Morgan fingerprint density at radius 1 is 1.21 bits per heavy atom. The van der Waals surface area contributed by atoms with Crippen LogP contribution in [0, 0.1) is 0 Å². The highest BCUT2D eigenvalue weighted by atomic mass is 35.5. The molecule has 0 aliphatic rings. The molecule has 2 aromatic rings. The summed E-state index contributed by atoms with van der Waals surface area (Å²) in [7, 11) is 0. The summed E-state index contributed by atoms with van der Waals surface area (Å²) in [5, 5.41) is 4.71. The van der Waals surface area contributed by atoms with Crippen LogP contribution in [0.5, 0.6) is 5.75 Å². The van der Waals surface area contributed by atoms with Crippen LogP contribution in [0.25, 0.3) is 10.8 Å². The molecule has 0 fully saturated rings. The highest BCUT2D eigenvalue weighted by Gasteiger charge is 2.07. The predicted octanol–water partition coefficient (Wildman–Crippen LogP) is 4.25. The van der Waals surface area contributed by atoms with E-state index >= 15 is 0 Å². The largest absolute Gasteiger partial charge is 0.412 e. The Morgan fingerprint density at radius 3 is 2.74 bits per heavy atom. The van der Waals surface area contributed by atoms with Crippen LogP contribution in [0.4, 0.5) is 4.79 Å². The van der Waals surface area contributed by atoms with Crippen LogP contribution < -0.4 is 10.1 Å². The van der Waals surface area contributed by atoms with Crippen molar-refractivity contribution < 1.29 is 9.53 Å². The smallest absolute Gasteiger partial charge is 0.410 e. The van der Waals surface area contributed by atoms with Crippen LogP contribution in [0.2, 0.25) is 0 Å². The molecule has 98 valence electrons. The first-order chi connectivity index (χ1) is 9.20. The van der Waals surface area contributed by atoms with Crippen molar-refractivity contribution in [2.75, 3.05) is 6.54 Å².